The fourth-order valence-electron chi connectivity index (χ4n) is 3.06. The highest BCUT2D eigenvalue weighted by Gasteiger charge is 2.33. The van der Waals surface area contributed by atoms with Gasteiger partial charge in [-0.3, -0.25) is 9.59 Å². The van der Waals surface area contributed by atoms with Crippen molar-refractivity contribution >= 4 is 16.9 Å². The van der Waals surface area contributed by atoms with Gasteiger partial charge in [-0.05, 0) is 31.0 Å². The maximum atomic E-state index is 13.3. The van der Waals surface area contributed by atoms with Gasteiger partial charge in [-0.1, -0.05) is 0 Å². The average molecular weight is 327 g/mol. The first-order valence-corrected chi connectivity index (χ1v) is 7.63. The Morgan fingerprint density at radius 1 is 1.38 bits per heavy atom. The van der Waals surface area contributed by atoms with Crippen molar-refractivity contribution in [3.05, 3.63) is 58.3 Å². The highest BCUT2D eigenvalue weighted by Crippen LogP contribution is 2.32. The molecule has 0 saturated carbocycles. The molecule has 1 amide bonds. The standard InChI is InChI=1S/C16H14FN5O2/c17-9-3-4-10-11(6-9)21-15(20-10)13-2-1-5-22(13)16(24)12-7-19-14(23)8-18-12/h3-4,6-8,13H,1-2,5H2,(H,19,23)(H,20,21)/t13-/m1/s1. The number of hydrogen-bond acceptors (Lipinski definition) is 4. The van der Waals surface area contributed by atoms with Crippen LogP contribution in [0.4, 0.5) is 4.39 Å². The smallest absolute Gasteiger partial charge is 0.274 e. The van der Waals surface area contributed by atoms with Gasteiger partial charge in [0.15, 0.2) is 0 Å². The predicted octanol–water partition coefficient (Wildman–Crippen LogP) is 1.76. The molecule has 24 heavy (non-hydrogen) atoms. The maximum Gasteiger partial charge on any atom is 0.274 e. The lowest BCUT2D eigenvalue weighted by molar-refractivity contribution is 0.0724. The number of nitrogens with one attached hydrogen (secondary N) is 2. The van der Waals surface area contributed by atoms with Gasteiger partial charge in [0.05, 0.1) is 23.3 Å². The molecule has 0 bridgehead atoms. The second-order valence-electron chi connectivity index (χ2n) is 5.74. The molecule has 7 nitrogen and oxygen atoms in total. The SMILES string of the molecule is O=C(c1c[nH]c(=O)cn1)N1CCC[C@@H]1c1nc2ccc(F)cc2[nH]1. The molecule has 2 aromatic heterocycles. The summed E-state index contributed by atoms with van der Waals surface area (Å²) >= 11 is 0. The zero-order valence-corrected chi connectivity index (χ0v) is 12.6. The Morgan fingerprint density at radius 2 is 2.25 bits per heavy atom. The van der Waals surface area contributed by atoms with E-state index in [4.69, 9.17) is 0 Å². The van der Waals surface area contributed by atoms with E-state index in [1.54, 1.807) is 11.0 Å². The van der Waals surface area contributed by atoms with Crippen LogP contribution in [0, 0.1) is 5.82 Å². The van der Waals surface area contributed by atoms with Crippen LogP contribution in [-0.2, 0) is 0 Å². The molecule has 0 unspecified atom stereocenters. The number of carbonyl (C=O) groups excluding carboxylic acids is 1. The second kappa shape index (κ2) is 5.55. The van der Waals surface area contributed by atoms with E-state index < -0.39 is 0 Å². The molecule has 1 atom stereocenters. The Bertz CT molecular complexity index is 960. The first kappa shape index (κ1) is 14.6. The summed E-state index contributed by atoms with van der Waals surface area (Å²) < 4.78 is 13.3. The molecule has 4 rings (SSSR count). The summed E-state index contributed by atoms with van der Waals surface area (Å²) in [7, 11) is 0. The molecule has 8 heteroatoms. The quantitative estimate of drug-likeness (QED) is 0.750. The van der Waals surface area contributed by atoms with Crippen LogP contribution in [-0.4, -0.2) is 37.3 Å². The Morgan fingerprint density at radius 3 is 3.04 bits per heavy atom. The normalized spacial score (nSPS) is 17.5. The van der Waals surface area contributed by atoms with Gasteiger partial charge in [0.1, 0.15) is 17.3 Å². The highest BCUT2D eigenvalue weighted by atomic mass is 19.1. The number of aromatic amines is 2. The molecule has 0 radical (unpaired) electrons. The number of hydrogen-bond donors (Lipinski definition) is 2. The molecule has 3 heterocycles. The number of likely N-dealkylation sites (tertiary alicyclic amines) is 1. The summed E-state index contributed by atoms with van der Waals surface area (Å²) in [5.74, 6) is 0.0285. The van der Waals surface area contributed by atoms with E-state index >= 15 is 0 Å². The van der Waals surface area contributed by atoms with E-state index in [2.05, 4.69) is 19.9 Å². The minimum absolute atomic E-state index is 0.184. The van der Waals surface area contributed by atoms with Crippen molar-refractivity contribution in [3.63, 3.8) is 0 Å². The van der Waals surface area contributed by atoms with E-state index in [-0.39, 0.29) is 29.0 Å². The number of benzene rings is 1. The van der Waals surface area contributed by atoms with E-state index in [0.29, 0.717) is 23.4 Å². The van der Waals surface area contributed by atoms with Gasteiger partial charge in [-0.25, -0.2) is 14.4 Å². The van der Waals surface area contributed by atoms with Crippen molar-refractivity contribution in [2.45, 2.75) is 18.9 Å². The summed E-state index contributed by atoms with van der Waals surface area (Å²) in [5, 5.41) is 0. The molecular weight excluding hydrogens is 313 g/mol. The van der Waals surface area contributed by atoms with Gasteiger partial charge in [0, 0.05) is 12.7 Å². The molecule has 0 aliphatic carbocycles. The fraction of sp³-hybridized carbons (Fsp3) is 0.250. The minimum atomic E-state index is -0.358. The zero-order chi connectivity index (χ0) is 16.7. The van der Waals surface area contributed by atoms with E-state index in [9.17, 15) is 14.0 Å². The average Bonchev–Trinajstić information content (AvgIpc) is 3.20. The summed E-state index contributed by atoms with van der Waals surface area (Å²) in [5.41, 5.74) is 1.09. The van der Waals surface area contributed by atoms with Crippen molar-refractivity contribution < 1.29 is 9.18 Å². The first-order valence-electron chi connectivity index (χ1n) is 7.63. The third-order valence-corrected chi connectivity index (χ3v) is 4.18. The molecule has 1 aliphatic heterocycles. The number of amides is 1. The van der Waals surface area contributed by atoms with Gasteiger partial charge in [0.2, 0.25) is 0 Å². The van der Waals surface area contributed by atoms with Crippen LogP contribution in [0.2, 0.25) is 0 Å². The third-order valence-electron chi connectivity index (χ3n) is 4.18. The highest BCUT2D eigenvalue weighted by molar-refractivity contribution is 5.92. The first-order chi connectivity index (χ1) is 11.6. The summed E-state index contributed by atoms with van der Waals surface area (Å²) in [6.07, 6.45) is 4.00. The van der Waals surface area contributed by atoms with Crippen LogP contribution in [0.1, 0.15) is 35.2 Å². The van der Waals surface area contributed by atoms with Gasteiger partial charge in [-0.15, -0.1) is 0 Å². The predicted molar refractivity (Wildman–Crippen MR) is 83.9 cm³/mol. The Labute approximate surface area is 135 Å². The van der Waals surface area contributed by atoms with Crippen LogP contribution in [0.25, 0.3) is 11.0 Å². The molecule has 1 aliphatic rings. The second-order valence-corrected chi connectivity index (χ2v) is 5.74. The Balaban J connectivity index is 1.67. The van der Waals surface area contributed by atoms with Crippen LogP contribution in [0.3, 0.4) is 0 Å². The van der Waals surface area contributed by atoms with E-state index in [1.165, 1.54) is 18.3 Å². The Hall–Kier alpha value is -3.03. The minimum Gasteiger partial charge on any atom is -0.340 e. The number of H-pyrrole nitrogens is 2. The van der Waals surface area contributed by atoms with Crippen molar-refractivity contribution in [1.29, 1.82) is 0 Å². The third kappa shape index (κ3) is 2.45. The molecule has 2 N–H and O–H groups in total. The lowest BCUT2D eigenvalue weighted by Gasteiger charge is -2.22. The number of fused-ring (bicyclic) bond motifs is 1. The topological polar surface area (TPSA) is 94.7 Å². The van der Waals surface area contributed by atoms with Crippen LogP contribution in [0.5, 0.6) is 0 Å². The van der Waals surface area contributed by atoms with Crippen molar-refractivity contribution in [1.82, 2.24) is 24.8 Å². The monoisotopic (exact) mass is 327 g/mol. The van der Waals surface area contributed by atoms with E-state index in [0.717, 1.165) is 19.0 Å². The number of carbonyl (C=O) groups is 1. The number of imidazole rings is 1. The van der Waals surface area contributed by atoms with E-state index in [1.807, 2.05) is 0 Å². The molecular formula is C16H14FN5O2. The molecule has 0 spiro atoms. The number of rotatable bonds is 2. The van der Waals surface area contributed by atoms with Crippen molar-refractivity contribution in [2.75, 3.05) is 6.54 Å². The molecule has 1 saturated heterocycles. The van der Waals surface area contributed by atoms with Gasteiger partial charge < -0.3 is 14.9 Å². The summed E-state index contributed by atoms with van der Waals surface area (Å²) in [4.78, 5) is 39.3. The van der Waals surface area contributed by atoms with Gasteiger partial charge in [0.25, 0.3) is 11.5 Å². The molecule has 122 valence electrons. The van der Waals surface area contributed by atoms with Gasteiger partial charge in [-0.2, -0.15) is 0 Å². The van der Waals surface area contributed by atoms with Crippen LogP contribution < -0.4 is 5.56 Å². The number of aromatic nitrogens is 4. The lowest BCUT2D eigenvalue weighted by atomic mass is 10.2. The molecule has 3 aromatic rings. The van der Waals surface area contributed by atoms with Crippen molar-refractivity contribution in [2.24, 2.45) is 0 Å². The summed E-state index contributed by atoms with van der Waals surface area (Å²) in [6.45, 7) is 0.579. The fourth-order valence-corrected chi connectivity index (χ4v) is 3.06. The number of nitrogens with zero attached hydrogens (tertiary/aromatic N) is 3. The summed E-state index contributed by atoms with van der Waals surface area (Å²) in [6, 6.07) is 4.13. The molecule has 1 aromatic carbocycles. The molecule has 1 fully saturated rings. The van der Waals surface area contributed by atoms with Crippen LogP contribution >= 0.6 is 0 Å². The largest absolute Gasteiger partial charge is 0.340 e. The van der Waals surface area contributed by atoms with Crippen molar-refractivity contribution in [3.8, 4) is 0 Å². The van der Waals surface area contributed by atoms with Crippen LogP contribution in [0.15, 0.2) is 35.4 Å². The lowest BCUT2D eigenvalue weighted by Crippen LogP contribution is -2.32. The number of halogens is 1. The Kier molecular flexibility index (Phi) is 3.37. The van der Waals surface area contributed by atoms with Gasteiger partial charge >= 0.3 is 0 Å². The maximum absolute atomic E-state index is 13.3. The zero-order valence-electron chi connectivity index (χ0n) is 12.6.